The van der Waals surface area contributed by atoms with E-state index in [-0.39, 0.29) is 12.1 Å². The Balaban J connectivity index is 1.45. The van der Waals surface area contributed by atoms with Gasteiger partial charge in [-0.25, -0.2) is 0 Å². The van der Waals surface area contributed by atoms with Gasteiger partial charge in [0.15, 0.2) is 6.93 Å². The number of fused-ring (bicyclic) bond motifs is 2. The van der Waals surface area contributed by atoms with Crippen LogP contribution in [0, 0.1) is 0 Å². The lowest BCUT2D eigenvalue weighted by Crippen LogP contribution is -2.18. The molecule has 0 amide bonds. The fourth-order valence-corrected chi connectivity index (χ4v) is 8.11. The summed E-state index contributed by atoms with van der Waals surface area (Å²) in [6.45, 7) is 3.94. The normalized spacial score (nSPS) is 16.5. The van der Waals surface area contributed by atoms with Gasteiger partial charge in [0.1, 0.15) is 0 Å². The van der Waals surface area contributed by atoms with Crippen molar-refractivity contribution >= 4 is 44.0 Å². The number of hydrogen-bond donors (Lipinski definition) is 0. The lowest BCUT2D eigenvalue weighted by molar-refractivity contribution is 0.459. The van der Waals surface area contributed by atoms with Crippen LogP contribution in [0.1, 0.15) is 37.1 Å². The summed E-state index contributed by atoms with van der Waals surface area (Å²) >= 11 is 4.05. The smallest absolute Gasteiger partial charge is 0.170 e. The topological polar surface area (TPSA) is 6.48 Å². The summed E-state index contributed by atoms with van der Waals surface area (Å²) in [5.41, 5.74) is 2.73. The van der Waals surface area contributed by atoms with E-state index in [0.717, 1.165) is 0 Å². The fourth-order valence-electron chi connectivity index (χ4n) is 4.42. The molecule has 0 fully saturated rings. The van der Waals surface area contributed by atoms with E-state index in [0.29, 0.717) is 0 Å². The molecule has 5 rings (SSSR count). The first kappa shape index (κ1) is 19.6. The highest BCUT2D eigenvalue weighted by Crippen LogP contribution is 2.62. The van der Waals surface area contributed by atoms with Crippen molar-refractivity contribution in [2.45, 2.75) is 25.9 Å². The molecule has 4 aromatic carbocycles. The van der Waals surface area contributed by atoms with Crippen molar-refractivity contribution in [2.24, 2.45) is 0 Å². The van der Waals surface area contributed by atoms with Crippen molar-refractivity contribution in [1.82, 2.24) is 9.34 Å². The van der Waals surface area contributed by atoms with Crippen molar-refractivity contribution in [3.63, 3.8) is 0 Å². The maximum absolute atomic E-state index is 4.05. The number of halogens is 1. The highest BCUT2D eigenvalue weighted by molar-refractivity contribution is 9.38. The molecule has 0 bridgehead atoms. The Morgan fingerprint density at radius 3 is 1.47 bits per heavy atom. The second-order valence-corrected chi connectivity index (χ2v) is 11.1. The van der Waals surface area contributed by atoms with Crippen molar-refractivity contribution in [3.8, 4) is 0 Å². The van der Waals surface area contributed by atoms with Gasteiger partial charge in [-0.15, -0.1) is 0 Å². The van der Waals surface area contributed by atoms with E-state index in [4.69, 9.17) is 0 Å². The minimum atomic E-state index is -0.661. The van der Waals surface area contributed by atoms with Crippen LogP contribution in [-0.2, 0) is 0 Å². The van der Waals surface area contributed by atoms with E-state index in [1.807, 2.05) is 0 Å². The SMILES string of the molecule is C[C@@H](c1cccc2ccccc12)N1C=CN([C@@H](C)c2cccc3ccccc23)P1Br. The highest BCUT2D eigenvalue weighted by atomic mass is 79.9. The molecule has 0 unspecified atom stereocenters. The molecule has 1 aliphatic heterocycles. The minimum absolute atomic E-state index is 0.280. The quantitative estimate of drug-likeness (QED) is 0.273. The molecule has 0 N–H and O–H groups in total. The molecule has 0 spiro atoms. The van der Waals surface area contributed by atoms with Crippen molar-refractivity contribution in [1.29, 1.82) is 0 Å². The lowest BCUT2D eigenvalue weighted by atomic mass is 10.00. The summed E-state index contributed by atoms with van der Waals surface area (Å²) in [4.78, 5) is 0. The van der Waals surface area contributed by atoms with Crippen LogP contribution in [0.25, 0.3) is 21.5 Å². The number of nitrogens with zero attached hydrogens (tertiary/aromatic N) is 2. The van der Waals surface area contributed by atoms with Crippen LogP contribution in [0.2, 0.25) is 0 Å². The molecule has 2 atom stereocenters. The van der Waals surface area contributed by atoms with Gasteiger partial charge in [0.05, 0.1) is 12.1 Å². The van der Waals surface area contributed by atoms with E-state index in [2.05, 4.69) is 136 Å². The van der Waals surface area contributed by atoms with Crippen LogP contribution in [0.4, 0.5) is 0 Å². The lowest BCUT2D eigenvalue weighted by Gasteiger charge is -2.35. The van der Waals surface area contributed by atoms with Crippen molar-refractivity contribution in [2.75, 3.05) is 0 Å². The average molecular weight is 475 g/mol. The van der Waals surface area contributed by atoms with E-state index in [1.165, 1.54) is 32.7 Å². The summed E-state index contributed by atoms with van der Waals surface area (Å²) in [6.07, 6.45) is 4.49. The first-order valence-corrected chi connectivity index (χ1v) is 13.6. The highest BCUT2D eigenvalue weighted by Gasteiger charge is 2.33. The molecule has 0 saturated carbocycles. The molecule has 4 heteroatoms. The Kier molecular flexibility index (Phi) is 5.26. The summed E-state index contributed by atoms with van der Waals surface area (Å²) in [6, 6.07) is 31.1. The van der Waals surface area contributed by atoms with Gasteiger partial charge in [0.2, 0.25) is 0 Å². The number of benzene rings is 4. The second kappa shape index (κ2) is 8.06. The minimum Gasteiger partial charge on any atom is -0.323 e. The average Bonchev–Trinajstić information content (AvgIpc) is 3.18. The van der Waals surface area contributed by atoms with Gasteiger partial charge in [-0.05, 0) is 62.0 Å². The molecule has 150 valence electrons. The first-order chi connectivity index (χ1) is 14.6. The van der Waals surface area contributed by atoms with Gasteiger partial charge in [-0.3, -0.25) is 0 Å². The first-order valence-electron chi connectivity index (χ1n) is 10.3. The van der Waals surface area contributed by atoms with Gasteiger partial charge in [-0.1, -0.05) is 84.9 Å². The Hall–Kier alpha value is -2.35. The van der Waals surface area contributed by atoms with Crippen molar-refractivity contribution in [3.05, 3.63) is 108 Å². The predicted molar refractivity (Wildman–Crippen MR) is 133 cm³/mol. The van der Waals surface area contributed by atoms with Crippen LogP contribution < -0.4 is 0 Å². The molecule has 0 aromatic heterocycles. The zero-order valence-electron chi connectivity index (χ0n) is 17.1. The van der Waals surface area contributed by atoms with Crippen LogP contribution in [0.3, 0.4) is 0 Å². The molecule has 0 radical (unpaired) electrons. The molecule has 1 heterocycles. The van der Waals surface area contributed by atoms with Gasteiger partial charge in [0, 0.05) is 12.4 Å². The third-order valence-corrected chi connectivity index (χ3v) is 10.0. The van der Waals surface area contributed by atoms with E-state index in [1.54, 1.807) is 0 Å². The van der Waals surface area contributed by atoms with Crippen LogP contribution in [-0.4, -0.2) is 9.34 Å². The summed E-state index contributed by atoms with van der Waals surface area (Å²) in [5.74, 6) is 0. The van der Waals surface area contributed by atoms with Crippen LogP contribution >= 0.6 is 22.4 Å². The van der Waals surface area contributed by atoms with Crippen LogP contribution in [0.15, 0.2) is 97.3 Å². The number of rotatable bonds is 4. The maximum atomic E-state index is 4.05. The zero-order chi connectivity index (χ0) is 20.7. The number of hydrogen-bond acceptors (Lipinski definition) is 2. The molecular formula is C26H24BrN2P. The predicted octanol–water partition coefficient (Wildman–Crippen LogP) is 8.53. The molecule has 0 aliphatic carbocycles. The van der Waals surface area contributed by atoms with Gasteiger partial charge in [0.25, 0.3) is 0 Å². The molecular weight excluding hydrogens is 451 g/mol. The Bertz CT molecular complexity index is 1130. The second-order valence-electron chi connectivity index (χ2n) is 7.79. The zero-order valence-corrected chi connectivity index (χ0v) is 19.6. The molecule has 2 nitrogen and oxygen atoms in total. The molecule has 1 aliphatic rings. The van der Waals surface area contributed by atoms with E-state index < -0.39 is 6.93 Å². The molecule has 4 aromatic rings. The standard InChI is InChI=1S/C26H24BrN2P/c1-19(23-15-7-11-21-9-3-5-13-25(21)23)28-17-18-29(30(28)27)20(2)24-16-8-12-22-10-4-6-14-26(22)24/h3-20H,1-2H3/t19-,20-/m0/s1. The van der Waals surface area contributed by atoms with Crippen molar-refractivity contribution < 1.29 is 0 Å². The van der Waals surface area contributed by atoms with Gasteiger partial charge >= 0.3 is 0 Å². The summed E-state index contributed by atoms with van der Waals surface area (Å²) in [5, 5.41) is 5.25. The van der Waals surface area contributed by atoms with Gasteiger partial charge in [-0.2, -0.15) is 0 Å². The van der Waals surface area contributed by atoms with Gasteiger partial charge < -0.3 is 9.34 Å². The summed E-state index contributed by atoms with van der Waals surface area (Å²) in [7, 11) is 0. The third kappa shape index (κ3) is 3.31. The Labute approximate surface area is 187 Å². The van der Waals surface area contributed by atoms with Crippen LogP contribution in [0.5, 0.6) is 0 Å². The molecule has 0 saturated heterocycles. The Morgan fingerprint density at radius 1 is 0.600 bits per heavy atom. The van der Waals surface area contributed by atoms with E-state index in [9.17, 15) is 0 Å². The molecule has 30 heavy (non-hydrogen) atoms. The monoisotopic (exact) mass is 474 g/mol. The summed E-state index contributed by atoms with van der Waals surface area (Å²) < 4.78 is 4.91. The Morgan fingerprint density at radius 2 is 1.00 bits per heavy atom. The largest absolute Gasteiger partial charge is 0.323 e. The third-order valence-electron chi connectivity index (χ3n) is 6.09. The fraction of sp³-hybridized carbons (Fsp3) is 0.154. The van der Waals surface area contributed by atoms with E-state index >= 15 is 0 Å². The maximum Gasteiger partial charge on any atom is 0.170 e.